The molecule has 0 saturated heterocycles. The van der Waals surface area contributed by atoms with Crippen molar-refractivity contribution in [1.82, 2.24) is 0 Å². The van der Waals surface area contributed by atoms with E-state index < -0.39 is 5.41 Å². The zero-order valence-corrected chi connectivity index (χ0v) is 35.7. The van der Waals surface area contributed by atoms with Crippen LogP contribution in [0.3, 0.4) is 0 Å². The Bertz CT molecular complexity index is 3310. The van der Waals surface area contributed by atoms with Gasteiger partial charge in [0.2, 0.25) is 0 Å². The molecule has 0 radical (unpaired) electrons. The second-order valence-electron chi connectivity index (χ2n) is 17.2. The Morgan fingerprint density at radius 2 is 0.831 bits per heavy atom. The fourth-order valence-corrected chi connectivity index (χ4v) is 11.3. The standard InChI is InChI=1S/C61H42BN3/c1-6-21-43(22-7-1)61(44-23-8-2-9-24-44)52-32-17-16-31-50(52)51-39-37-48(41-53(51)61)65-56-34-19-18-33-54(56)62-55-40-38-49(63(45-25-10-3-11-26-45)46-27-12-4-13-28-46)42-59(55)64(47-29-14-5-15-30-47)57-35-20-36-58(65)60(57)62/h1-42H. The van der Waals surface area contributed by atoms with Gasteiger partial charge in [-0.1, -0.05) is 176 Å². The second kappa shape index (κ2) is 14.9. The van der Waals surface area contributed by atoms with E-state index in [0.29, 0.717) is 0 Å². The molecule has 10 aromatic carbocycles. The summed E-state index contributed by atoms with van der Waals surface area (Å²) in [6.07, 6.45) is 0. The lowest BCUT2D eigenvalue weighted by Crippen LogP contribution is -2.61. The number of para-hydroxylation sites is 4. The molecular formula is C61H42BN3. The highest BCUT2D eigenvalue weighted by atomic mass is 15.2. The monoisotopic (exact) mass is 827 g/mol. The van der Waals surface area contributed by atoms with Crippen molar-refractivity contribution in [3.05, 3.63) is 277 Å². The van der Waals surface area contributed by atoms with E-state index >= 15 is 0 Å². The van der Waals surface area contributed by atoms with Crippen molar-refractivity contribution in [3.63, 3.8) is 0 Å². The van der Waals surface area contributed by atoms with E-state index in [1.165, 1.54) is 72.5 Å². The van der Waals surface area contributed by atoms with Crippen molar-refractivity contribution in [3.8, 4) is 11.1 Å². The van der Waals surface area contributed by atoms with E-state index in [4.69, 9.17) is 0 Å². The molecule has 0 fully saturated rings. The van der Waals surface area contributed by atoms with Crippen molar-refractivity contribution in [2.24, 2.45) is 0 Å². The third-order valence-electron chi connectivity index (χ3n) is 13.9. The highest BCUT2D eigenvalue weighted by Crippen LogP contribution is 2.57. The molecule has 4 heteroatoms. The Labute approximate surface area is 380 Å². The molecule has 2 heterocycles. The Morgan fingerprint density at radius 1 is 0.323 bits per heavy atom. The lowest BCUT2D eigenvalue weighted by atomic mass is 9.33. The van der Waals surface area contributed by atoms with Crippen molar-refractivity contribution < 1.29 is 0 Å². The number of fused-ring (bicyclic) bond motifs is 7. The molecule has 0 N–H and O–H groups in total. The Hall–Kier alpha value is -8.34. The van der Waals surface area contributed by atoms with Crippen molar-refractivity contribution in [1.29, 1.82) is 0 Å². The second-order valence-corrected chi connectivity index (χ2v) is 17.2. The first kappa shape index (κ1) is 37.2. The summed E-state index contributed by atoms with van der Waals surface area (Å²) in [4.78, 5) is 7.39. The van der Waals surface area contributed by atoms with E-state index in [1.54, 1.807) is 0 Å². The molecule has 0 saturated carbocycles. The first-order chi connectivity index (χ1) is 32.3. The van der Waals surface area contributed by atoms with Gasteiger partial charge in [0.25, 0.3) is 6.71 Å². The molecule has 2 aliphatic heterocycles. The quantitative estimate of drug-likeness (QED) is 0.148. The number of benzene rings is 10. The van der Waals surface area contributed by atoms with Crippen LogP contribution in [0.25, 0.3) is 11.1 Å². The first-order valence-corrected chi connectivity index (χ1v) is 22.6. The Morgan fingerprint density at radius 3 is 1.49 bits per heavy atom. The van der Waals surface area contributed by atoms with Gasteiger partial charge in [-0.3, -0.25) is 0 Å². The average molecular weight is 828 g/mol. The normalized spacial score (nSPS) is 13.6. The molecule has 304 valence electrons. The number of nitrogens with zero attached hydrogens (tertiary/aromatic N) is 3. The molecule has 1 aliphatic carbocycles. The van der Waals surface area contributed by atoms with Crippen LogP contribution in [0.5, 0.6) is 0 Å². The summed E-state index contributed by atoms with van der Waals surface area (Å²) in [5.41, 5.74) is 21.4. The van der Waals surface area contributed by atoms with Gasteiger partial charge in [-0.05, 0) is 129 Å². The summed E-state index contributed by atoms with van der Waals surface area (Å²) in [5.74, 6) is 0. The van der Waals surface area contributed by atoms with Gasteiger partial charge in [0, 0.05) is 51.2 Å². The van der Waals surface area contributed by atoms with Crippen molar-refractivity contribution in [2.45, 2.75) is 5.41 Å². The third-order valence-corrected chi connectivity index (χ3v) is 13.9. The largest absolute Gasteiger partial charge is 0.311 e. The first-order valence-electron chi connectivity index (χ1n) is 22.6. The molecule has 3 aliphatic rings. The average Bonchev–Trinajstić information content (AvgIpc) is 3.68. The van der Waals surface area contributed by atoms with Crippen LogP contribution < -0.4 is 31.1 Å². The minimum Gasteiger partial charge on any atom is -0.311 e. The highest BCUT2D eigenvalue weighted by Gasteiger charge is 2.48. The van der Waals surface area contributed by atoms with Gasteiger partial charge in [0.1, 0.15) is 0 Å². The summed E-state index contributed by atoms with van der Waals surface area (Å²) in [7, 11) is 0. The molecule has 65 heavy (non-hydrogen) atoms. The van der Waals surface area contributed by atoms with Gasteiger partial charge < -0.3 is 14.7 Å². The molecular weight excluding hydrogens is 786 g/mol. The number of anilines is 9. The topological polar surface area (TPSA) is 9.72 Å². The summed E-state index contributed by atoms with van der Waals surface area (Å²) in [5, 5.41) is 0. The van der Waals surface area contributed by atoms with Gasteiger partial charge in [-0.25, -0.2) is 0 Å². The van der Waals surface area contributed by atoms with E-state index in [9.17, 15) is 0 Å². The molecule has 3 nitrogen and oxygen atoms in total. The summed E-state index contributed by atoms with van der Waals surface area (Å²) in [6, 6.07) is 93.8. The van der Waals surface area contributed by atoms with Crippen LogP contribution in [0.4, 0.5) is 51.2 Å². The van der Waals surface area contributed by atoms with Crippen LogP contribution in [-0.2, 0) is 5.41 Å². The van der Waals surface area contributed by atoms with Crippen LogP contribution in [0.2, 0.25) is 0 Å². The third kappa shape index (κ3) is 5.57. The van der Waals surface area contributed by atoms with Gasteiger partial charge >= 0.3 is 0 Å². The van der Waals surface area contributed by atoms with Gasteiger partial charge in [0.15, 0.2) is 0 Å². The highest BCUT2D eigenvalue weighted by molar-refractivity contribution is 7.00. The van der Waals surface area contributed by atoms with E-state index in [2.05, 4.69) is 269 Å². The summed E-state index contributed by atoms with van der Waals surface area (Å²) in [6.45, 7) is 0.00553. The Balaban J connectivity index is 1.04. The lowest BCUT2D eigenvalue weighted by Gasteiger charge is -2.44. The predicted octanol–water partition coefficient (Wildman–Crippen LogP) is 13.6. The van der Waals surface area contributed by atoms with Crippen LogP contribution in [0, 0.1) is 0 Å². The maximum Gasteiger partial charge on any atom is 0.252 e. The fourth-order valence-electron chi connectivity index (χ4n) is 11.3. The molecule has 0 bridgehead atoms. The van der Waals surface area contributed by atoms with Crippen LogP contribution in [-0.4, -0.2) is 6.71 Å². The zero-order valence-electron chi connectivity index (χ0n) is 35.7. The molecule has 0 unspecified atom stereocenters. The molecule has 0 amide bonds. The zero-order chi connectivity index (χ0) is 42.9. The van der Waals surface area contributed by atoms with Gasteiger partial charge in [0.05, 0.1) is 5.41 Å². The smallest absolute Gasteiger partial charge is 0.252 e. The molecule has 10 aromatic rings. The van der Waals surface area contributed by atoms with Crippen molar-refractivity contribution in [2.75, 3.05) is 14.7 Å². The minimum atomic E-state index is -0.507. The maximum absolute atomic E-state index is 2.53. The predicted molar refractivity (Wildman–Crippen MR) is 272 cm³/mol. The van der Waals surface area contributed by atoms with Crippen molar-refractivity contribution >= 4 is 74.3 Å². The van der Waals surface area contributed by atoms with Crippen LogP contribution in [0.15, 0.2) is 255 Å². The summed E-state index contributed by atoms with van der Waals surface area (Å²) >= 11 is 0. The van der Waals surface area contributed by atoms with Gasteiger partial charge in [-0.15, -0.1) is 0 Å². The van der Waals surface area contributed by atoms with E-state index in [-0.39, 0.29) is 6.71 Å². The minimum absolute atomic E-state index is 0.00553. The van der Waals surface area contributed by atoms with Crippen LogP contribution >= 0.6 is 0 Å². The molecule has 0 spiro atoms. The number of hydrogen-bond donors (Lipinski definition) is 0. The summed E-state index contributed by atoms with van der Waals surface area (Å²) < 4.78 is 0. The number of rotatable bonds is 7. The van der Waals surface area contributed by atoms with E-state index in [1.807, 2.05) is 0 Å². The molecule has 0 atom stereocenters. The fraction of sp³-hybridized carbons (Fsp3) is 0.0164. The van der Waals surface area contributed by atoms with Crippen LogP contribution in [0.1, 0.15) is 22.3 Å². The van der Waals surface area contributed by atoms with E-state index in [0.717, 1.165) is 28.4 Å². The lowest BCUT2D eigenvalue weighted by molar-refractivity contribution is 0.768. The molecule has 0 aromatic heterocycles. The maximum atomic E-state index is 2.53. The number of hydrogen-bond acceptors (Lipinski definition) is 3. The Kier molecular flexibility index (Phi) is 8.54. The van der Waals surface area contributed by atoms with Gasteiger partial charge in [-0.2, -0.15) is 0 Å². The SMILES string of the molecule is c1ccc(N(c2ccccc2)c2ccc3c(c2)N(c2ccccc2)c2cccc4c2B3c2ccccc2N4c2ccc3c(c2)C(c2ccccc2)(c2ccccc2)c2ccccc2-3)cc1. The molecule has 13 rings (SSSR count).